The van der Waals surface area contributed by atoms with Gasteiger partial charge < -0.3 is 9.47 Å². The second-order valence-electron chi connectivity index (χ2n) is 5.81. The van der Waals surface area contributed by atoms with Crippen LogP contribution in [-0.2, 0) is 16.1 Å². The molecule has 1 heterocycles. The summed E-state index contributed by atoms with van der Waals surface area (Å²) < 4.78 is 10.5. The lowest BCUT2D eigenvalue weighted by Gasteiger charge is -2.23. The zero-order valence-corrected chi connectivity index (χ0v) is 14.9. The topological polar surface area (TPSA) is 79.4 Å². The molecule has 0 radical (unpaired) electrons. The lowest BCUT2D eigenvalue weighted by atomic mass is 10.2. The summed E-state index contributed by atoms with van der Waals surface area (Å²) in [4.78, 5) is 39.9. The van der Waals surface area contributed by atoms with Crippen LogP contribution < -0.4 is 9.47 Å². The fraction of sp³-hybridized carbons (Fsp3) is 0.471. The molecule has 136 valence electrons. The van der Waals surface area contributed by atoms with E-state index in [1.807, 2.05) is 19.1 Å². The molecule has 8 heteroatoms. The van der Waals surface area contributed by atoms with Gasteiger partial charge in [0.25, 0.3) is 0 Å². The van der Waals surface area contributed by atoms with E-state index in [2.05, 4.69) is 0 Å². The molecule has 1 aromatic rings. The molecular formula is C17H23N3O5. The monoisotopic (exact) mass is 349 g/mol. The van der Waals surface area contributed by atoms with Crippen molar-refractivity contribution in [3.05, 3.63) is 23.8 Å². The van der Waals surface area contributed by atoms with Gasteiger partial charge >= 0.3 is 17.8 Å². The summed E-state index contributed by atoms with van der Waals surface area (Å²) in [6.45, 7) is 2.55. The zero-order chi connectivity index (χ0) is 18.6. The fourth-order valence-corrected chi connectivity index (χ4v) is 2.66. The maximum Gasteiger partial charge on any atom is 0.335 e. The Morgan fingerprint density at radius 2 is 1.72 bits per heavy atom. The van der Waals surface area contributed by atoms with Crippen LogP contribution in [0.4, 0.5) is 4.79 Å². The number of urea groups is 1. The first-order valence-electron chi connectivity index (χ1n) is 7.99. The number of carbonyl (C=O) groups is 3. The molecule has 1 aliphatic rings. The number of benzene rings is 1. The van der Waals surface area contributed by atoms with Crippen LogP contribution in [-0.4, -0.2) is 67.0 Å². The van der Waals surface area contributed by atoms with Gasteiger partial charge in [0, 0.05) is 24.7 Å². The van der Waals surface area contributed by atoms with Gasteiger partial charge in [0.05, 0.1) is 20.9 Å². The average molecular weight is 349 g/mol. The predicted molar refractivity (Wildman–Crippen MR) is 90.1 cm³/mol. The molecule has 0 bridgehead atoms. The van der Waals surface area contributed by atoms with E-state index in [9.17, 15) is 14.4 Å². The standard InChI is InChI=1S/C17H23N3O5/c1-5-8-19-15(21)16(22)20(17(19)23)11-18(2)10-12-6-7-13(24-3)9-14(12)25-4/h6-7,9H,5,8,10-11H2,1-4H3. The highest BCUT2D eigenvalue weighted by molar-refractivity contribution is 6.44. The highest BCUT2D eigenvalue weighted by atomic mass is 16.5. The molecule has 2 rings (SSSR count). The van der Waals surface area contributed by atoms with Crippen molar-refractivity contribution in [2.75, 3.05) is 34.5 Å². The van der Waals surface area contributed by atoms with Crippen LogP contribution in [0.25, 0.3) is 0 Å². The molecule has 4 amide bonds. The van der Waals surface area contributed by atoms with E-state index >= 15 is 0 Å². The van der Waals surface area contributed by atoms with Crippen molar-refractivity contribution in [1.82, 2.24) is 14.7 Å². The van der Waals surface area contributed by atoms with Crippen LogP contribution in [0, 0.1) is 0 Å². The number of nitrogens with zero attached hydrogens (tertiary/aromatic N) is 3. The van der Waals surface area contributed by atoms with Gasteiger partial charge in [-0.2, -0.15) is 0 Å². The number of imide groups is 2. The molecule has 0 atom stereocenters. The van der Waals surface area contributed by atoms with E-state index in [0.29, 0.717) is 24.5 Å². The summed E-state index contributed by atoms with van der Waals surface area (Å²) in [7, 11) is 4.90. The minimum absolute atomic E-state index is 0.0266. The van der Waals surface area contributed by atoms with Gasteiger partial charge in [-0.1, -0.05) is 13.0 Å². The zero-order valence-electron chi connectivity index (χ0n) is 14.9. The number of hydrogen-bond acceptors (Lipinski definition) is 6. The number of carbonyl (C=O) groups excluding carboxylic acids is 3. The van der Waals surface area contributed by atoms with Crippen LogP contribution in [0.2, 0.25) is 0 Å². The van der Waals surface area contributed by atoms with Crippen LogP contribution in [0.15, 0.2) is 18.2 Å². The minimum atomic E-state index is -0.785. The molecule has 0 unspecified atom stereocenters. The quantitative estimate of drug-likeness (QED) is 0.520. The van der Waals surface area contributed by atoms with E-state index in [1.54, 1.807) is 32.2 Å². The highest BCUT2D eigenvalue weighted by Gasteiger charge is 2.44. The Kier molecular flexibility index (Phi) is 5.97. The third kappa shape index (κ3) is 3.90. The highest BCUT2D eigenvalue weighted by Crippen LogP contribution is 2.25. The van der Waals surface area contributed by atoms with Gasteiger partial charge in [0.1, 0.15) is 11.5 Å². The van der Waals surface area contributed by atoms with Crippen molar-refractivity contribution in [2.45, 2.75) is 19.9 Å². The normalized spacial score (nSPS) is 14.7. The van der Waals surface area contributed by atoms with E-state index in [1.165, 1.54) is 0 Å². The number of methoxy groups -OCH3 is 2. The molecule has 0 spiro atoms. The van der Waals surface area contributed by atoms with Crippen LogP contribution >= 0.6 is 0 Å². The summed E-state index contributed by atoms with van der Waals surface area (Å²) in [5.41, 5.74) is 0.877. The van der Waals surface area contributed by atoms with E-state index < -0.39 is 17.8 Å². The lowest BCUT2D eigenvalue weighted by molar-refractivity contribution is -0.143. The van der Waals surface area contributed by atoms with Crippen molar-refractivity contribution in [3.63, 3.8) is 0 Å². The van der Waals surface area contributed by atoms with Crippen molar-refractivity contribution < 1.29 is 23.9 Å². The summed E-state index contributed by atoms with van der Waals surface area (Å²) in [5.74, 6) is -0.225. The van der Waals surface area contributed by atoms with Gasteiger partial charge in [0.15, 0.2) is 0 Å². The number of hydrogen-bond donors (Lipinski definition) is 0. The van der Waals surface area contributed by atoms with Gasteiger partial charge in [-0.05, 0) is 19.5 Å². The fourth-order valence-electron chi connectivity index (χ4n) is 2.66. The summed E-state index contributed by atoms with van der Waals surface area (Å²) >= 11 is 0. The molecule has 0 aliphatic carbocycles. The van der Waals surface area contributed by atoms with Crippen molar-refractivity contribution in [3.8, 4) is 11.5 Å². The maximum absolute atomic E-state index is 12.3. The van der Waals surface area contributed by atoms with E-state index in [0.717, 1.165) is 15.4 Å². The SMILES string of the molecule is CCCN1C(=O)C(=O)N(CN(C)Cc2ccc(OC)cc2OC)C1=O. The molecule has 1 aliphatic heterocycles. The number of rotatable bonds is 8. The van der Waals surface area contributed by atoms with Crippen molar-refractivity contribution >= 4 is 17.8 Å². The second kappa shape index (κ2) is 7.98. The Bertz CT molecular complexity index is 676. The van der Waals surface area contributed by atoms with Crippen LogP contribution in [0.1, 0.15) is 18.9 Å². The maximum atomic E-state index is 12.3. The summed E-state index contributed by atoms with van der Waals surface area (Å²) in [5, 5.41) is 0. The summed E-state index contributed by atoms with van der Waals surface area (Å²) in [6.07, 6.45) is 0.609. The van der Waals surface area contributed by atoms with Crippen LogP contribution in [0.3, 0.4) is 0 Å². The number of ether oxygens (including phenoxy) is 2. The summed E-state index contributed by atoms with van der Waals surface area (Å²) in [6, 6.07) is 4.87. The Hall–Kier alpha value is -2.61. The first-order valence-corrected chi connectivity index (χ1v) is 7.99. The Labute approximate surface area is 146 Å². The molecule has 1 saturated heterocycles. The van der Waals surface area contributed by atoms with E-state index in [4.69, 9.17) is 9.47 Å². The average Bonchev–Trinajstić information content (AvgIpc) is 2.80. The van der Waals surface area contributed by atoms with Crippen molar-refractivity contribution in [2.24, 2.45) is 0 Å². The molecule has 1 fully saturated rings. The third-order valence-corrected chi connectivity index (χ3v) is 3.90. The van der Waals surface area contributed by atoms with Gasteiger partial charge in [-0.15, -0.1) is 0 Å². The lowest BCUT2D eigenvalue weighted by Crippen LogP contribution is -2.40. The Balaban J connectivity index is 2.07. The predicted octanol–water partition coefficient (Wildman–Crippen LogP) is 1.29. The van der Waals surface area contributed by atoms with Gasteiger partial charge in [0.2, 0.25) is 0 Å². The smallest absolute Gasteiger partial charge is 0.335 e. The Morgan fingerprint density at radius 3 is 2.32 bits per heavy atom. The molecular weight excluding hydrogens is 326 g/mol. The molecule has 8 nitrogen and oxygen atoms in total. The second-order valence-corrected chi connectivity index (χ2v) is 5.81. The Morgan fingerprint density at radius 1 is 1.04 bits per heavy atom. The molecule has 0 aromatic heterocycles. The first kappa shape index (κ1) is 18.7. The largest absolute Gasteiger partial charge is 0.497 e. The van der Waals surface area contributed by atoms with Crippen molar-refractivity contribution in [1.29, 1.82) is 0 Å². The third-order valence-electron chi connectivity index (χ3n) is 3.90. The minimum Gasteiger partial charge on any atom is -0.497 e. The van der Waals surface area contributed by atoms with Gasteiger partial charge in [-0.3, -0.25) is 19.4 Å². The van der Waals surface area contributed by atoms with Crippen LogP contribution in [0.5, 0.6) is 11.5 Å². The van der Waals surface area contributed by atoms with E-state index in [-0.39, 0.29) is 13.2 Å². The number of amides is 4. The molecule has 0 N–H and O–H groups in total. The molecule has 25 heavy (non-hydrogen) atoms. The van der Waals surface area contributed by atoms with Gasteiger partial charge in [-0.25, -0.2) is 9.69 Å². The molecule has 0 saturated carbocycles. The molecule has 1 aromatic carbocycles. The first-order chi connectivity index (χ1) is 11.9.